The summed E-state index contributed by atoms with van der Waals surface area (Å²) in [4.78, 5) is 11.2. The van der Waals surface area contributed by atoms with E-state index in [1.807, 2.05) is 6.26 Å². The normalized spacial score (nSPS) is 23.1. The second kappa shape index (κ2) is 4.44. The third-order valence-corrected chi connectivity index (χ3v) is 3.69. The summed E-state index contributed by atoms with van der Waals surface area (Å²) in [7, 11) is 1.45. The number of methoxy groups -OCH3 is 1. The predicted octanol–water partition coefficient (Wildman–Crippen LogP) is 1.79. The molecule has 3 aliphatic rings. The summed E-state index contributed by atoms with van der Waals surface area (Å²) in [5.41, 5.74) is 1.88. The number of nitrogens with zero attached hydrogens (tertiary/aromatic N) is 1. The van der Waals surface area contributed by atoms with Gasteiger partial charge in [0, 0.05) is 13.4 Å². The van der Waals surface area contributed by atoms with Gasteiger partial charge in [-0.3, -0.25) is 9.10 Å². The van der Waals surface area contributed by atoms with Crippen molar-refractivity contribution < 1.29 is 9.53 Å². The number of amides is 1. The molecule has 4 heteroatoms. The number of hydrogen-bond donors (Lipinski definition) is 0. The predicted molar refractivity (Wildman–Crippen MR) is 69.2 cm³/mol. The van der Waals surface area contributed by atoms with E-state index in [1.165, 1.54) is 30.2 Å². The Morgan fingerprint density at radius 2 is 1.94 bits per heavy atom. The van der Waals surface area contributed by atoms with E-state index in [-0.39, 0.29) is 5.91 Å². The van der Waals surface area contributed by atoms with Crippen LogP contribution >= 0.6 is 11.9 Å². The van der Waals surface area contributed by atoms with Crippen LogP contribution in [0.15, 0.2) is 24.3 Å². The van der Waals surface area contributed by atoms with Crippen LogP contribution in [0.2, 0.25) is 0 Å². The fourth-order valence-corrected chi connectivity index (χ4v) is 2.20. The Balaban J connectivity index is 0.000000148. The molecule has 1 aliphatic heterocycles. The number of carbonyl (C=O) groups excluding carboxylic acids is 1. The molecule has 0 saturated carbocycles. The van der Waals surface area contributed by atoms with Crippen LogP contribution in [0.1, 0.15) is 0 Å². The molecular formula is C13H13NO2S. The molecule has 1 saturated heterocycles. The minimum atomic E-state index is -0.969. The minimum Gasteiger partial charge on any atom is -0.355 e. The molecule has 17 heavy (non-hydrogen) atoms. The maximum absolute atomic E-state index is 11.2. The Labute approximate surface area is 105 Å². The van der Waals surface area contributed by atoms with Gasteiger partial charge in [-0.25, -0.2) is 0 Å². The molecule has 0 spiro atoms. The summed E-state index contributed by atoms with van der Waals surface area (Å²) in [6, 6.07) is 8.48. The molecule has 1 fully saturated rings. The SMILES string of the molecule is C#CC1(OC)CN(SC)C1=O.c1cc2ccc1-2. The molecular weight excluding hydrogens is 234 g/mol. The Morgan fingerprint density at radius 3 is 2.12 bits per heavy atom. The number of benzene rings is 1. The lowest BCUT2D eigenvalue weighted by Crippen LogP contribution is -2.64. The van der Waals surface area contributed by atoms with Crippen LogP contribution in [-0.2, 0) is 9.53 Å². The van der Waals surface area contributed by atoms with Crippen molar-refractivity contribution in [2.45, 2.75) is 5.60 Å². The number of carbonyl (C=O) groups is 1. The first kappa shape index (κ1) is 12.0. The first-order valence-electron chi connectivity index (χ1n) is 5.16. The third-order valence-electron chi connectivity index (χ3n) is 2.96. The van der Waals surface area contributed by atoms with Crippen molar-refractivity contribution in [1.82, 2.24) is 4.31 Å². The highest BCUT2D eigenvalue weighted by Crippen LogP contribution is 2.30. The van der Waals surface area contributed by atoms with Gasteiger partial charge in [-0.1, -0.05) is 42.1 Å². The second-order valence-corrected chi connectivity index (χ2v) is 4.58. The zero-order valence-electron chi connectivity index (χ0n) is 9.77. The highest BCUT2D eigenvalue weighted by atomic mass is 32.2. The number of rotatable bonds is 2. The van der Waals surface area contributed by atoms with E-state index in [2.05, 4.69) is 30.2 Å². The number of ether oxygens (including phenoxy) is 1. The van der Waals surface area contributed by atoms with Crippen LogP contribution in [0.5, 0.6) is 0 Å². The largest absolute Gasteiger partial charge is 0.355 e. The van der Waals surface area contributed by atoms with Gasteiger partial charge < -0.3 is 4.74 Å². The molecule has 1 amide bonds. The molecule has 1 unspecified atom stereocenters. The van der Waals surface area contributed by atoms with E-state index in [4.69, 9.17) is 11.2 Å². The van der Waals surface area contributed by atoms with Crippen LogP contribution in [0, 0.1) is 12.3 Å². The van der Waals surface area contributed by atoms with Gasteiger partial charge in [0.25, 0.3) is 5.91 Å². The summed E-state index contributed by atoms with van der Waals surface area (Å²) >= 11 is 1.36. The maximum atomic E-state index is 11.2. The number of fused-ring (bicyclic) bond motifs is 1. The average Bonchev–Trinajstić information content (AvgIpc) is 2.34. The number of β-lactam (4-membered cyclic amide) rings is 1. The molecule has 0 aromatic rings. The van der Waals surface area contributed by atoms with E-state index in [0.717, 1.165) is 0 Å². The van der Waals surface area contributed by atoms with E-state index in [0.29, 0.717) is 6.54 Å². The van der Waals surface area contributed by atoms with Crippen molar-refractivity contribution in [2.24, 2.45) is 0 Å². The Morgan fingerprint density at radius 1 is 1.41 bits per heavy atom. The van der Waals surface area contributed by atoms with Gasteiger partial charge in [0.15, 0.2) is 0 Å². The monoisotopic (exact) mass is 247 g/mol. The number of terminal acetylenes is 1. The van der Waals surface area contributed by atoms with Crippen LogP contribution in [0.3, 0.4) is 0 Å². The van der Waals surface area contributed by atoms with Crippen molar-refractivity contribution in [3.8, 4) is 23.5 Å². The molecule has 3 rings (SSSR count). The molecule has 1 heterocycles. The smallest absolute Gasteiger partial charge is 0.279 e. The first-order chi connectivity index (χ1) is 8.16. The van der Waals surface area contributed by atoms with Crippen LogP contribution in [-0.4, -0.2) is 35.7 Å². The Bertz CT molecular complexity index is 456. The molecule has 0 bridgehead atoms. The summed E-state index contributed by atoms with van der Waals surface area (Å²) in [6.45, 7) is 0.486. The summed E-state index contributed by atoms with van der Waals surface area (Å²) in [5.74, 6) is 2.22. The molecule has 2 aliphatic carbocycles. The topological polar surface area (TPSA) is 29.5 Å². The Hall–Kier alpha value is -1.44. The zero-order chi connectivity index (χ0) is 12.5. The second-order valence-electron chi connectivity index (χ2n) is 3.78. The summed E-state index contributed by atoms with van der Waals surface area (Å²) < 4.78 is 6.50. The lowest BCUT2D eigenvalue weighted by atomic mass is 9.95. The van der Waals surface area contributed by atoms with Crippen molar-refractivity contribution in [2.75, 3.05) is 19.9 Å². The van der Waals surface area contributed by atoms with Crippen molar-refractivity contribution in [3.63, 3.8) is 0 Å². The molecule has 3 nitrogen and oxygen atoms in total. The van der Waals surface area contributed by atoms with Crippen LogP contribution < -0.4 is 0 Å². The molecule has 0 aromatic heterocycles. The van der Waals surface area contributed by atoms with Gasteiger partial charge in [-0.15, -0.1) is 6.42 Å². The maximum Gasteiger partial charge on any atom is 0.279 e. The third kappa shape index (κ3) is 1.82. The van der Waals surface area contributed by atoms with Gasteiger partial charge in [-0.05, 0) is 11.1 Å². The van der Waals surface area contributed by atoms with E-state index in [1.54, 1.807) is 4.31 Å². The van der Waals surface area contributed by atoms with Gasteiger partial charge in [0.2, 0.25) is 5.60 Å². The van der Waals surface area contributed by atoms with Crippen molar-refractivity contribution in [3.05, 3.63) is 24.3 Å². The quantitative estimate of drug-likeness (QED) is 0.460. The van der Waals surface area contributed by atoms with Gasteiger partial charge >= 0.3 is 0 Å². The molecule has 0 N–H and O–H groups in total. The minimum absolute atomic E-state index is 0.130. The van der Waals surface area contributed by atoms with Gasteiger partial charge in [0.05, 0.1) is 6.54 Å². The molecule has 0 radical (unpaired) electrons. The summed E-state index contributed by atoms with van der Waals surface area (Å²) in [5, 5.41) is 0. The van der Waals surface area contributed by atoms with Crippen molar-refractivity contribution in [1.29, 1.82) is 0 Å². The number of hydrogen-bond acceptors (Lipinski definition) is 3. The highest BCUT2D eigenvalue weighted by Gasteiger charge is 2.51. The van der Waals surface area contributed by atoms with Gasteiger partial charge in [-0.2, -0.15) is 0 Å². The van der Waals surface area contributed by atoms with E-state index < -0.39 is 5.60 Å². The average molecular weight is 247 g/mol. The summed E-state index contributed by atoms with van der Waals surface area (Å²) in [6.07, 6.45) is 6.98. The fourth-order valence-electron chi connectivity index (χ4n) is 1.58. The lowest BCUT2D eigenvalue weighted by Gasteiger charge is -2.42. The van der Waals surface area contributed by atoms with Crippen LogP contribution in [0.25, 0.3) is 11.1 Å². The molecule has 88 valence electrons. The highest BCUT2D eigenvalue weighted by molar-refractivity contribution is 7.96. The Kier molecular flexibility index (Phi) is 3.14. The van der Waals surface area contributed by atoms with E-state index >= 15 is 0 Å². The molecule has 0 aromatic carbocycles. The van der Waals surface area contributed by atoms with Crippen molar-refractivity contribution >= 4 is 17.9 Å². The lowest BCUT2D eigenvalue weighted by molar-refractivity contribution is -0.158. The van der Waals surface area contributed by atoms with E-state index in [9.17, 15) is 4.79 Å². The zero-order valence-corrected chi connectivity index (χ0v) is 10.6. The van der Waals surface area contributed by atoms with Gasteiger partial charge in [0.1, 0.15) is 0 Å². The van der Waals surface area contributed by atoms with Crippen LogP contribution in [0.4, 0.5) is 0 Å². The first-order valence-corrected chi connectivity index (χ1v) is 6.34. The standard InChI is InChI=1S/C7H9NO2S.C6H4/c1-4-7(10-2)5-8(11-3)6(7)9;1-2-6-4-3-5(1)6/h1H,5H2,2-3H3;1-4H. The fraction of sp³-hybridized carbons (Fsp3) is 0.308. The molecule has 1 atom stereocenters.